The lowest BCUT2D eigenvalue weighted by molar-refractivity contribution is -0.161. The quantitative estimate of drug-likeness (QED) is 0.0146. The molecular formula is C99H166O16P2. The summed E-state index contributed by atoms with van der Waals surface area (Å²) in [5.74, 6) is -1.59. The number of phosphoric acid groups is 2. The highest BCUT2D eigenvalue weighted by atomic mass is 31.2. The molecule has 0 aliphatic heterocycles. The largest absolute Gasteiger partial charge is 0.472 e. The number of ether oxygens (including phenoxy) is 3. The van der Waals surface area contributed by atoms with Gasteiger partial charge in [0, 0.05) is 19.3 Å². The average Bonchev–Trinajstić information content (AvgIpc) is 0.901. The van der Waals surface area contributed by atoms with Crippen LogP contribution in [-0.2, 0) is 55.8 Å². The number of unbranched alkanes of at least 4 members (excludes halogenated alkanes) is 33. The standard InChI is InChI=1S/C99H166O16P2/c1-4-7-10-13-16-19-22-25-28-31-34-37-40-42-44-45-46-47-49-51-53-55-58-61-64-67-70-73-76-79-82-85-97(102)109-88-94(100)89-111-116(105,106)112-90-95(101)91-113-117(107,108)114-93-96(115-99(104)87-84-81-78-75-72-69-66-63-60-57-52-39-36-33-30-27-24-21-18-15-12-9-6-3)92-110-98(103)86-83-80-77-74-71-68-65-62-59-56-54-50-48-43-41-38-35-32-29-26-23-20-17-14-11-8-5-2/h7-12,16-21,25-30,34-39,42-44,48,57,60,94-96,100-101H,4-6,13-15,22-24,31-33,40-41,45-47,49-56,58-59,61-93H2,1-3H3,(H,105,106)(H,107,108)/b10-7-,11-8-,12-9-,19-16-,20-17-,21-18-,28-25-,29-26-,30-27-,37-34-,38-35-,39-36-,44-42-,48-43-,60-57-. The number of allylic oxidation sites excluding steroid dienone is 30. The van der Waals surface area contributed by atoms with Crippen molar-refractivity contribution in [1.82, 2.24) is 0 Å². The lowest BCUT2D eigenvalue weighted by atomic mass is 10.0. The van der Waals surface area contributed by atoms with Crippen molar-refractivity contribution in [2.24, 2.45) is 0 Å². The number of esters is 3. The Morgan fingerprint density at radius 2 is 0.427 bits per heavy atom. The van der Waals surface area contributed by atoms with Crippen LogP contribution in [0.2, 0.25) is 0 Å². The maximum Gasteiger partial charge on any atom is 0.472 e. The van der Waals surface area contributed by atoms with Gasteiger partial charge in [0.15, 0.2) is 6.10 Å². The van der Waals surface area contributed by atoms with E-state index in [-0.39, 0.29) is 19.3 Å². The summed E-state index contributed by atoms with van der Waals surface area (Å²) in [5, 5.41) is 20.7. The van der Waals surface area contributed by atoms with Crippen LogP contribution in [0.1, 0.15) is 367 Å². The van der Waals surface area contributed by atoms with E-state index in [0.717, 1.165) is 193 Å². The van der Waals surface area contributed by atoms with Crippen LogP contribution in [-0.4, -0.2) is 95.9 Å². The van der Waals surface area contributed by atoms with Crippen molar-refractivity contribution in [3.63, 3.8) is 0 Å². The van der Waals surface area contributed by atoms with Crippen LogP contribution >= 0.6 is 15.6 Å². The van der Waals surface area contributed by atoms with E-state index in [2.05, 4.69) is 203 Å². The monoisotopic (exact) mass is 1670 g/mol. The Morgan fingerprint density at radius 1 is 0.239 bits per heavy atom. The molecule has 0 saturated carbocycles. The van der Waals surface area contributed by atoms with E-state index in [1.54, 1.807) is 0 Å². The van der Waals surface area contributed by atoms with Gasteiger partial charge in [-0.25, -0.2) is 9.13 Å². The van der Waals surface area contributed by atoms with Crippen LogP contribution in [0.25, 0.3) is 0 Å². The zero-order valence-corrected chi connectivity index (χ0v) is 75.4. The Morgan fingerprint density at radius 3 is 0.675 bits per heavy atom. The molecule has 117 heavy (non-hydrogen) atoms. The van der Waals surface area contributed by atoms with Gasteiger partial charge in [-0.1, -0.05) is 376 Å². The molecule has 0 saturated heterocycles. The van der Waals surface area contributed by atoms with Crippen LogP contribution in [0.15, 0.2) is 182 Å². The summed E-state index contributed by atoms with van der Waals surface area (Å²) in [7, 11) is -9.82. The number of carbonyl (C=O) groups is 3. The predicted molar refractivity (Wildman–Crippen MR) is 491 cm³/mol. The molecule has 0 bridgehead atoms. The van der Waals surface area contributed by atoms with E-state index in [9.17, 15) is 43.5 Å². The van der Waals surface area contributed by atoms with Crippen LogP contribution in [0.3, 0.4) is 0 Å². The summed E-state index contributed by atoms with van der Waals surface area (Å²) >= 11 is 0. The summed E-state index contributed by atoms with van der Waals surface area (Å²) in [5.41, 5.74) is 0. The van der Waals surface area contributed by atoms with E-state index in [1.165, 1.54) is 116 Å². The molecule has 0 fully saturated rings. The number of aliphatic hydroxyl groups is 2. The first kappa shape index (κ1) is 112. The van der Waals surface area contributed by atoms with Gasteiger partial charge >= 0.3 is 33.6 Å². The smallest absolute Gasteiger partial charge is 0.463 e. The molecule has 4 N–H and O–H groups in total. The van der Waals surface area contributed by atoms with Crippen molar-refractivity contribution in [3.05, 3.63) is 182 Å². The van der Waals surface area contributed by atoms with Gasteiger partial charge in [-0.15, -0.1) is 0 Å². The Hall–Kier alpha value is -5.35. The van der Waals surface area contributed by atoms with Crippen molar-refractivity contribution in [2.75, 3.05) is 39.6 Å². The van der Waals surface area contributed by atoms with E-state index >= 15 is 0 Å². The Balaban J connectivity index is 4.62. The highest BCUT2D eigenvalue weighted by Gasteiger charge is 2.29. The van der Waals surface area contributed by atoms with Gasteiger partial charge in [-0.3, -0.25) is 32.5 Å². The van der Waals surface area contributed by atoms with Crippen molar-refractivity contribution in [1.29, 1.82) is 0 Å². The minimum atomic E-state index is -4.95. The molecule has 16 nitrogen and oxygen atoms in total. The maximum absolute atomic E-state index is 13.1. The van der Waals surface area contributed by atoms with Gasteiger partial charge < -0.3 is 34.2 Å². The molecule has 0 aliphatic rings. The van der Waals surface area contributed by atoms with Gasteiger partial charge in [-0.2, -0.15) is 0 Å². The number of carbonyl (C=O) groups excluding carboxylic acids is 3. The third-order valence-electron chi connectivity index (χ3n) is 19.1. The summed E-state index contributed by atoms with van der Waals surface area (Å²) in [6, 6.07) is 0. The fourth-order valence-electron chi connectivity index (χ4n) is 12.2. The van der Waals surface area contributed by atoms with E-state index in [1.807, 2.05) is 0 Å². The van der Waals surface area contributed by atoms with Crippen LogP contribution in [0.5, 0.6) is 0 Å². The molecule has 18 heteroatoms. The molecule has 0 heterocycles. The fraction of sp³-hybridized carbons (Fsp3) is 0.667. The zero-order valence-electron chi connectivity index (χ0n) is 73.6. The molecule has 5 atom stereocenters. The molecule has 0 spiro atoms. The summed E-state index contributed by atoms with van der Waals surface area (Å²) in [6.45, 7) is 2.36. The fourth-order valence-corrected chi connectivity index (χ4v) is 13.8. The lowest BCUT2D eigenvalue weighted by Crippen LogP contribution is -2.30. The van der Waals surface area contributed by atoms with Crippen molar-refractivity contribution < 1.29 is 75.8 Å². The van der Waals surface area contributed by atoms with Gasteiger partial charge in [0.05, 0.1) is 26.4 Å². The molecule has 0 amide bonds. The maximum atomic E-state index is 13.1. The predicted octanol–water partition coefficient (Wildman–Crippen LogP) is 28.4. The third-order valence-corrected chi connectivity index (χ3v) is 21.0. The Labute approximate surface area is 713 Å². The van der Waals surface area contributed by atoms with Gasteiger partial charge in [0.2, 0.25) is 0 Å². The first-order valence-corrected chi connectivity index (χ1v) is 49.1. The first-order valence-electron chi connectivity index (χ1n) is 46.1. The van der Waals surface area contributed by atoms with E-state index in [0.29, 0.717) is 19.3 Å². The second-order valence-electron chi connectivity index (χ2n) is 30.3. The van der Waals surface area contributed by atoms with E-state index < -0.39 is 91.5 Å². The summed E-state index contributed by atoms with van der Waals surface area (Å²) < 4.78 is 61.5. The molecule has 0 aromatic rings. The van der Waals surface area contributed by atoms with Crippen LogP contribution in [0.4, 0.5) is 0 Å². The molecular weight excluding hydrogens is 1510 g/mol. The Kier molecular flexibility index (Phi) is 85.8. The minimum Gasteiger partial charge on any atom is -0.463 e. The second-order valence-corrected chi connectivity index (χ2v) is 33.2. The minimum absolute atomic E-state index is 0.0857. The number of phosphoric ester groups is 2. The normalized spacial score (nSPS) is 14.6. The summed E-state index contributed by atoms with van der Waals surface area (Å²) in [6.07, 6.45) is 118. The highest BCUT2D eigenvalue weighted by Crippen LogP contribution is 2.45. The first-order chi connectivity index (χ1) is 57.2. The average molecular weight is 1670 g/mol. The van der Waals surface area contributed by atoms with Crippen molar-refractivity contribution in [3.8, 4) is 0 Å². The topological polar surface area (TPSA) is 231 Å². The zero-order chi connectivity index (χ0) is 85.1. The highest BCUT2D eigenvalue weighted by molar-refractivity contribution is 7.47. The molecule has 0 aliphatic carbocycles. The SMILES string of the molecule is CC/C=C\C/C=C\C/C=C\C/C=C\C/C=C\CCCCCCCCCCCCCCCCCC(=O)OCC(O)COP(=O)(O)OCC(O)COP(=O)(O)OCC(COC(=O)CCCCCCCCCCCCC/C=C\C/C=C\C/C=C\C/C=C\C/C=C\CC)OC(=O)CCCCCCCCC/C=C\C/C=C\C/C=C\C/C=C\C/C=C\CC. The number of rotatable bonds is 86. The molecule has 0 aromatic heterocycles. The Bertz CT molecular complexity index is 2860. The molecule has 668 valence electrons. The van der Waals surface area contributed by atoms with Crippen LogP contribution < -0.4 is 0 Å². The van der Waals surface area contributed by atoms with E-state index in [4.69, 9.17) is 32.3 Å². The van der Waals surface area contributed by atoms with Gasteiger partial charge in [-0.05, 0) is 154 Å². The molecule has 0 aromatic carbocycles. The summed E-state index contributed by atoms with van der Waals surface area (Å²) in [4.78, 5) is 59.0. The van der Waals surface area contributed by atoms with Gasteiger partial charge in [0.25, 0.3) is 0 Å². The van der Waals surface area contributed by atoms with Gasteiger partial charge in [0.1, 0.15) is 25.4 Å². The second kappa shape index (κ2) is 89.9. The van der Waals surface area contributed by atoms with Crippen molar-refractivity contribution in [2.45, 2.75) is 386 Å². The number of aliphatic hydroxyl groups excluding tert-OH is 2. The molecule has 0 rings (SSSR count). The molecule has 0 radical (unpaired) electrons. The van der Waals surface area contributed by atoms with Crippen LogP contribution in [0, 0.1) is 0 Å². The number of hydrogen-bond donors (Lipinski definition) is 4. The third kappa shape index (κ3) is 91.2. The number of hydrogen-bond acceptors (Lipinski definition) is 14. The molecule has 5 unspecified atom stereocenters. The lowest BCUT2D eigenvalue weighted by Gasteiger charge is -2.21. The van der Waals surface area contributed by atoms with Crippen molar-refractivity contribution >= 4 is 33.6 Å².